The molecule has 0 atom stereocenters. The van der Waals surface area contributed by atoms with Gasteiger partial charge >= 0.3 is 5.69 Å². The fourth-order valence-corrected chi connectivity index (χ4v) is 5.32. The second-order valence-electron chi connectivity index (χ2n) is 9.85. The van der Waals surface area contributed by atoms with Gasteiger partial charge in [-0.3, -0.25) is 23.8 Å². The van der Waals surface area contributed by atoms with Gasteiger partial charge in [-0.05, 0) is 55.9 Å². The Bertz CT molecular complexity index is 1220. The normalized spacial score (nSPS) is 20.9. The number of carbonyl (C=O) groups is 1. The van der Waals surface area contributed by atoms with Crippen molar-refractivity contribution >= 4 is 22.6 Å². The van der Waals surface area contributed by atoms with Gasteiger partial charge in [0.1, 0.15) is 12.4 Å². The van der Waals surface area contributed by atoms with E-state index < -0.39 is 0 Å². The lowest BCUT2D eigenvalue weighted by Crippen LogP contribution is -2.38. The maximum Gasteiger partial charge on any atom is 0.328 e. The highest BCUT2D eigenvalue weighted by atomic mass is 16.5. The molecule has 2 aliphatic rings. The Labute approximate surface area is 211 Å². The molecule has 2 fully saturated rings. The number of amides is 1. The zero-order valence-electron chi connectivity index (χ0n) is 20.9. The quantitative estimate of drug-likeness (QED) is 0.519. The van der Waals surface area contributed by atoms with Crippen molar-refractivity contribution in [3.63, 3.8) is 0 Å². The maximum absolute atomic E-state index is 13.1. The molecule has 2 aromatic heterocycles. The summed E-state index contributed by atoms with van der Waals surface area (Å²) in [5.41, 5.74) is 2.59. The number of aromatic nitrogens is 3. The third-order valence-electron chi connectivity index (χ3n) is 7.50. The van der Waals surface area contributed by atoms with Crippen LogP contribution in [0.15, 0.2) is 47.5 Å². The van der Waals surface area contributed by atoms with Crippen molar-refractivity contribution in [3.8, 4) is 5.75 Å². The average Bonchev–Trinajstić information content (AvgIpc) is 3.14. The van der Waals surface area contributed by atoms with Crippen LogP contribution in [0.5, 0.6) is 5.75 Å². The largest absolute Gasteiger partial charge is 0.492 e. The minimum absolute atomic E-state index is 0.00474. The van der Waals surface area contributed by atoms with E-state index in [1.165, 1.54) is 0 Å². The molecular weight excluding hydrogens is 458 g/mol. The second kappa shape index (κ2) is 11.3. The van der Waals surface area contributed by atoms with Crippen molar-refractivity contribution in [3.05, 3.63) is 53.2 Å². The van der Waals surface area contributed by atoms with E-state index in [4.69, 9.17) is 9.47 Å². The van der Waals surface area contributed by atoms with E-state index in [2.05, 4.69) is 15.2 Å². The molecule has 1 saturated carbocycles. The molecule has 0 bridgehead atoms. The van der Waals surface area contributed by atoms with E-state index in [0.29, 0.717) is 19.1 Å². The lowest BCUT2D eigenvalue weighted by molar-refractivity contribution is -0.121. The number of morpholine rings is 1. The Hall–Kier alpha value is -3.17. The summed E-state index contributed by atoms with van der Waals surface area (Å²) < 4.78 is 15.0. The van der Waals surface area contributed by atoms with Crippen LogP contribution in [0.25, 0.3) is 11.0 Å². The minimum Gasteiger partial charge on any atom is -0.492 e. The van der Waals surface area contributed by atoms with Gasteiger partial charge in [0.15, 0.2) is 0 Å². The van der Waals surface area contributed by atoms with Crippen LogP contribution in [0.1, 0.15) is 25.7 Å². The molecule has 1 amide bonds. The number of aryl methyl sites for hydroxylation is 1. The first kappa shape index (κ1) is 24.5. The third kappa shape index (κ3) is 5.63. The van der Waals surface area contributed by atoms with Crippen molar-refractivity contribution in [2.24, 2.45) is 18.9 Å². The first-order valence-corrected chi connectivity index (χ1v) is 12.9. The zero-order chi connectivity index (χ0) is 24.9. The Balaban J connectivity index is 1.20. The van der Waals surface area contributed by atoms with Crippen LogP contribution >= 0.6 is 0 Å². The summed E-state index contributed by atoms with van der Waals surface area (Å²) in [4.78, 5) is 32.1. The number of pyridine rings is 1. The number of rotatable bonds is 8. The molecule has 192 valence electrons. The minimum atomic E-state index is -0.00646. The number of imidazole rings is 1. The van der Waals surface area contributed by atoms with Gasteiger partial charge in [0.05, 0.1) is 24.2 Å². The Morgan fingerprint density at radius 3 is 2.58 bits per heavy atom. The van der Waals surface area contributed by atoms with Gasteiger partial charge in [0.2, 0.25) is 5.91 Å². The van der Waals surface area contributed by atoms with E-state index in [1.807, 2.05) is 29.8 Å². The smallest absolute Gasteiger partial charge is 0.328 e. The average molecular weight is 494 g/mol. The molecule has 1 aliphatic carbocycles. The van der Waals surface area contributed by atoms with Crippen molar-refractivity contribution in [1.82, 2.24) is 19.0 Å². The monoisotopic (exact) mass is 493 g/mol. The number of benzene rings is 1. The SMILES string of the molecule is Cn1c(=O)n(CC2CCC(C(=O)Nc3ccncc3)CC2)c2cc(OCCN3CCOCC3)ccc21. The van der Waals surface area contributed by atoms with Gasteiger partial charge in [-0.2, -0.15) is 0 Å². The molecule has 1 aliphatic heterocycles. The molecule has 5 rings (SSSR count). The number of ether oxygens (including phenoxy) is 2. The molecule has 9 heteroatoms. The van der Waals surface area contributed by atoms with Crippen molar-refractivity contribution in [1.29, 1.82) is 0 Å². The second-order valence-corrected chi connectivity index (χ2v) is 9.85. The Morgan fingerprint density at radius 1 is 1.08 bits per heavy atom. The standard InChI is InChI=1S/C27H35N5O4/c1-30-24-7-6-23(36-17-14-31-12-15-35-16-13-31)18-25(24)32(27(30)34)19-20-2-4-21(5-3-20)26(33)29-22-8-10-28-11-9-22/h6-11,18,20-21H,2-5,12-17,19H2,1H3,(H,28,29,33). The summed E-state index contributed by atoms with van der Waals surface area (Å²) in [6.07, 6.45) is 6.86. The third-order valence-corrected chi connectivity index (χ3v) is 7.50. The van der Waals surface area contributed by atoms with Crippen LogP contribution in [0.4, 0.5) is 5.69 Å². The zero-order valence-corrected chi connectivity index (χ0v) is 20.9. The van der Waals surface area contributed by atoms with Crippen LogP contribution < -0.4 is 15.7 Å². The first-order valence-electron chi connectivity index (χ1n) is 12.9. The summed E-state index contributed by atoms with van der Waals surface area (Å²) in [6.45, 7) is 5.56. The maximum atomic E-state index is 13.1. The highest BCUT2D eigenvalue weighted by Gasteiger charge is 2.27. The van der Waals surface area contributed by atoms with E-state index in [1.54, 1.807) is 29.1 Å². The molecule has 0 unspecified atom stereocenters. The fourth-order valence-electron chi connectivity index (χ4n) is 5.32. The molecule has 1 aromatic carbocycles. The summed E-state index contributed by atoms with van der Waals surface area (Å²) in [6, 6.07) is 9.51. The molecule has 1 N–H and O–H groups in total. The van der Waals surface area contributed by atoms with Crippen LogP contribution in [-0.2, 0) is 23.1 Å². The Kier molecular flexibility index (Phi) is 7.67. The molecule has 0 radical (unpaired) electrons. The summed E-state index contributed by atoms with van der Waals surface area (Å²) in [5.74, 6) is 1.22. The van der Waals surface area contributed by atoms with Crippen molar-refractivity contribution < 1.29 is 14.3 Å². The van der Waals surface area contributed by atoms with Crippen LogP contribution in [0.3, 0.4) is 0 Å². The first-order chi connectivity index (χ1) is 17.6. The number of fused-ring (bicyclic) bond motifs is 1. The summed E-state index contributed by atoms with van der Waals surface area (Å²) in [5, 5.41) is 3.00. The summed E-state index contributed by atoms with van der Waals surface area (Å²) >= 11 is 0. The molecule has 3 heterocycles. The van der Waals surface area contributed by atoms with Gasteiger partial charge in [0.25, 0.3) is 0 Å². The highest BCUT2D eigenvalue weighted by Crippen LogP contribution is 2.31. The lowest BCUT2D eigenvalue weighted by Gasteiger charge is -2.28. The van der Waals surface area contributed by atoms with E-state index in [9.17, 15) is 9.59 Å². The molecular formula is C27H35N5O4. The van der Waals surface area contributed by atoms with Gasteiger partial charge in [0, 0.05) is 63.3 Å². The predicted molar refractivity (Wildman–Crippen MR) is 138 cm³/mol. The van der Waals surface area contributed by atoms with E-state index in [0.717, 1.165) is 81.0 Å². The number of nitrogens with zero attached hydrogens (tertiary/aromatic N) is 4. The topological polar surface area (TPSA) is 90.6 Å². The number of nitrogens with one attached hydrogen (secondary N) is 1. The van der Waals surface area contributed by atoms with Crippen LogP contribution in [0.2, 0.25) is 0 Å². The number of hydrogen-bond donors (Lipinski definition) is 1. The number of carbonyl (C=O) groups excluding carboxylic acids is 1. The van der Waals surface area contributed by atoms with Crippen LogP contribution in [0, 0.1) is 11.8 Å². The van der Waals surface area contributed by atoms with Crippen LogP contribution in [-0.4, -0.2) is 64.4 Å². The molecule has 1 saturated heterocycles. The van der Waals surface area contributed by atoms with Gasteiger partial charge in [-0.1, -0.05) is 0 Å². The van der Waals surface area contributed by atoms with Crippen molar-refractivity contribution in [2.45, 2.75) is 32.2 Å². The predicted octanol–water partition coefficient (Wildman–Crippen LogP) is 2.89. The Morgan fingerprint density at radius 2 is 1.83 bits per heavy atom. The number of anilines is 1. The lowest BCUT2D eigenvalue weighted by atomic mass is 9.81. The molecule has 36 heavy (non-hydrogen) atoms. The van der Waals surface area contributed by atoms with Gasteiger partial charge in [-0.25, -0.2) is 4.79 Å². The van der Waals surface area contributed by atoms with E-state index >= 15 is 0 Å². The molecule has 0 spiro atoms. The summed E-state index contributed by atoms with van der Waals surface area (Å²) in [7, 11) is 1.82. The van der Waals surface area contributed by atoms with Gasteiger partial charge < -0.3 is 14.8 Å². The van der Waals surface area contributed by atoms with Gasteiger partial charge in [-0.15, -0.1) is 0 Å². The van der Waals surface area contributed by atoms with Crippen molar-refractivity contribution in [2.75, 3.05) is 44.8 Å². The molecule has 9 nitrogen and oxygen atoms in total. The highest BCUT2D eigenvalue weighted by molar-refractivity contribution is 5.92. The molecule has 3 aromatic rings. The fraction of sp³-hybridized carbons (Fsp3) is 0.519. The van der Waals surface area contributed by atoms with E-state index in [-0.39, 0.29) is 17.5 Å². The number of hydrogen-bond acceptors (Lipinski definition) is 6.